The summed E-state index contributed by atoms with van der Waals surface area (Å²) in [5, 5.41) is 0. The Hall–Kier alpha value is -1.90. The summed E-state index contributed by atoms with van der Waals surface area (Å²) in [4.78, 5) is 4.03. The average Bonchev–Trinajstić information content (AvgIpc) is 2.25. The Kier molecular flexibility index (Phi) is 2.63. The zero-order valence-corrected chi connectivity index (χ0v) is 8.27. The maximum Gasteiger partial charge on any atom is 0.219 e. The molecule has 0 amide bonds. The minimum Gasteiger partial charge on any atom is -0.436 e. The number of nitrogens with zero attached hydrogens (tertiary/aromatic N) is 1. The summed E-state index contributed by atoms with van der Waals surface area (Å²) in [5.41, 5.74) is 1.04. The zero-order valence-electron chi connectivity index (χ0n) is 8.27. The number of rotatable bonds is 2. The standard InChI is InChI=1S/C12H10FNO/c1-9-6-7-12(14-8-9)15-11-5-3-2-4-10(11)13/h2-8H,1H3. The van der Waals surface area contributed by atoms with Crippen LogP contribution >= 0.6 is 0 Å². The fourth-order valence-electron chi connectivity index (χ4n) is 1.15. The van der Waals surface area contributed by atoms with Gasteiger partial charge in [0, 0.05) is 12.3 Å². The van der Waals surface area contributed by atoms with Gasteiger partial charge in [0.05, 0.1) is 0 Å². The van der Waals surface area contributed by atoms with E-state index in [2.05, 4.69) is 4.98 Å². The highest BCUT2D eigenvalue weighted by molar-refractivity contribution is 5.28. The molecule has 0 spiro atoms. The van der Waals surface area contributed by atoms with Gasteiger partial charge >= 0.3 is 0 Å². The molecule has 0 saturated heterocycles. The molecule has 0 aliphatic carbocycles. The molecule has 2 nitrogen and oxygen atoms in total. The maximum atomic E-state index is 13.2. The lowest BCUT2D eigenvalue weighted by Gasteiger charge is -2.04. The van der Waals surface area contributed by atoms with E-state index in [0.717, 1.165) is 5.56 Å². The molecule has 0 radical (unpaired) electrons. The number of halogens is 1. The van der Waals surface area contributed by atoms with Crippen LogP contribution < -0.4 is 4.74 Å². The van der Waals surface area contributed by atoms with Crippen molar-refractivity contribution < 1.29 is 9.13 Å². The Morgan fingerprint density at radius 3 is 2.60 bits per heavy atom. The summed E-state index contributed by atoms with van der Waals surface area (Å²) in [6.07, 6.45) is 1.68. The lowest BCUT2D eigenvalue weighted by molar-refractivity contribution is 0.427. The summed E-state index contributed by atoms with van der Waals surface area (Å²) in [6.45, 7) is 1.93. The molecule has 3 heteroatoms. The number of para-hydroxylation sites is 1. The first-order valence-electron chi connectivity index (χ1n) is 4.61. The van der Waals surface area contributed by atoms with Crippen molar-refractivity contribution in [3.63, 3.8) is 0 Å². The molecular formula is C12H10FNO. The van der Waals surface area contributed by atoms with Crippen molar-refractivity contribution >= 4 is 0 Å². The van der Waals surface area contributed by atoms with E-state index >= 15 is 0 Å². The zero-order chi connectivity index (χ0) is 10.7. The molecule has 15 heavy (non-hydrogen) atoms. The number of pyridine rings is 1. The first-order chi connectivity index (χ1) is 7.25. The highest BCUT2D eigenvalue weighted by Crippen LogP contribution is 2.21. The van der Waals surface area contributed by atoms with Crippen LogP contribution in [0.5, 0.6) is 11.6 Å². The third-order valence-corrected chi connectivity index (χ3v) is 1.94. The van der Waals surface area contributed by atoms with E-state index in [4.69, 9.17) is 4.74 Å². The fourth-order valence-corrected chi connectivity index (χ4v) is 1.15. The summed E-state index contributed by atoms with van der Waals surface area (Å²) < 4.78 is 18.5. The maximum absolute atomic E-state index is 13.2. The Bertz CT molecular complexity index is 453. The van der Waals surface area contributed by atoms with Crippen molar-refractivity contribution in [3.05, 3.63) is 54.0 Å². The molecule has 2 aromatic rings. The van der Waals surface area contributed by atoms with E-state index in [-0.39, 0.29) is 11.6 Å². The minimum atomic E-state index is -0.389. The number of benzene rings is 1. The van der Waals surface area contributed by atoms with Gasteiger partial charge < -0.3 is 4.74 Å². The topological polar surface area (TPSA) is 22.1 Å². The molecule has 1 aromatic heterocycles. The van der Waals surface area contributed by atoms with Gasteiger partial charge in [-0.1, -0.05) is 18.2 Å². The Labute approximate surface area is 87.4 Å². The van der Waals surface area contributed by atoms with Crippen molar-refractivity contribution in [1.82, 2.24) is 4.98 Å². The predicted octanol–water partition coefficient (Wildman–Crippen LogP) is 3.32. The van der Waals surface area contributed by atoms with Crippen LogP contribution in [0.4, 0.5) is 4.39 Å². The van der Waals surface area contributed by atoms with Gasteiger partial charge in [0.2, 0.25) is 5.88 Å². The molecule has 0 N–H and O–H groups in total. The predicted molar refractivity (Wildman–Crippen MR) is 55.4 cm³/mol. The van der Waals surface area contributed by atoms with Crippen molar-refractivity contribution in [2.75, 3.05) is 0 Å². The lowest BCUT2D eigenvalue weighted by atomic mass is 10.3. The summed E-state index contributed by atoms with van der Waals surface area (Å²) in [7, 11) is 0. The van der Waals surface area contributed by atoms with Crippen LogP contribution in [0.3, 0.4) is 0 Å². The van der Waals surface area contributed by atoms with Crippen molar-refractivity contribution in [3.8, 4) is 11.6 Å². The Morgan fingerprint density at radius 1 is 1.13 bits per heavy atom. The van der Waals surface area contributed by atoms with E-state index in [9.17, 15) is 4.39 Å². The molecule has 0 aliphatic rings. The SMILES string of the molecule is Cc1ccc(Oc2ccccc2F)nc1. The normalized spacial score (nSPS) is 10.0. The molecular weight excluding hydrogens is 193 g/mol. The smallest absolute Gasteiger partial charge is 0.219 e. The fraction of sp³-hybridized carbons (Fsp3) is 0.0833. The van der Waals surface area contributed by atoms with Crippen LogP contribution in [0.2, 0.25) is 0 Å². The van der Waals surface area contributed by atoms with Gasteiger partial charge in [-0.25, -0.2) is 9.37 Å². The molecule has 1 heterocycles. The van der Waals surface area contributed by atoms with E-state index in [0.29, 0.717) is 5.88 Å². The summed E-state index contributed by atoms with van der Waals surface area (Å²) in [6, 6.07) is 9.82. The molecule has 0 atom stereocenters. The van der Waals surface area contributed by atoms with Crippen LogP contribution in [0, 0.1) is 12.7 Å². The quantitative estimate of drug-likeness (QED) is 0.746. The average molecular weight is 203 g/mol. The molecule has 0 unspecified atom stereocenters. The van der Waals surface area contributed by atoms with E-state index in [1.165, 1.54) is 6.07 Å². The molecule has 0 fully saturated rings. The van der Waals surface area contributed by atoms with Crippen molar-refractivity contribution in [2.45, 2.75) is 6.92 Å². The van der Waals surface area contributed by atoms with E-state index < -0.39 is 0 Å². The summed E-state index contributed by atoms with van der Waals surface area (Å²) in [5.74, 6) is 0.194. The van der Waals surface area contributed by atoms with Gasteiger partial charge in [-0.3, -0.25) is 0 Å². The van der Waals surface area contributed by atoms with Crippen LogP contribution in [0.15, 0.2) is 42.6 Å². The molecule has 0 aliphatic heterocycles. The molecule has 1 aromatic carbocycles. The monoisotopic (exact) mass is 203 g/mol. The molecule has 0 saturated carbocycles. The first kappa shape index (κ1) is 9.65. The van der Waals surface area contributed by atoms with Crippen LogP contribution in [-0.2, 0) is 0 Å². The number of hydrogen-bond acceptors (Lipinski definition) is 2. The second kappa shape index (κ2) is 4.09. The number of ether oxygens (including phenoxy) is 1. The van der Waals surface area contributed by atoms with Crippen LogP contribution in [0.1, 0.15) is 5.56 Å². The van der Waals surface area contributed by atoms with Gasteiger partial charge in [-0.15, -0.1) is 0 Å². The van der Waals surface area contributed by atoms with Crippen LogP contribution in [-0.4, -0.2) is 4.98 Å². The molecule has 2 rings (SSSR count). The number of aromatic nitrogens is 1. The second-order valence-corrected chi connectivity index (χ2v) is 3.21. The van der Waals surface area contributed by atoms with Gasteiger partial charge in [-0.2, -0.15) is 0 Å². The summed E-state index contributed by atoms with van der Waals surface area (Å²) >= 11 is 0. The molecule has 0 bridgehead atoms. The van der Waals surface area contributed by atoms with Gasteiger partial charge in [-0.05, 0) is 24.6 Å². The highest BCUT2D eigenvalue weighted by Gasteiger charge is 2.03. The second-order valence-electron chi connectivity index (χ2n) is 3.21. The third-order valence-electron chi connectivity index (χ3n) is 1.94. The third kappa shape index (κ3) is 2.31. The number of aryl methyl sites for hydroxylation is 1. The Balaban J connectivity index is 2.22. The number of hydrogen-bond donors (Lipinski definition) is 0. The van der Waals surface area contributed by atoms with Gasteiger partial charge in [0.25, 0.3) is 0 Å². The van der Waals surface area contributed by atoms with Gasteiger partial charge in [0.15, 0.2) is 11.6 Å². The van der Waals surface area contributed by atoms with E-state index in [1.54, 1.807) is 30.5 Å². The largest absolute Gasteiger partial charge is 0.436 e. The van der Waals surface area contributed by atoms with Crippen molar-refractivity contribution in [1.29, 1.82) is 0 Å². The highest BCUT2D eigenvalue weighted by atomic mass is 19.1. The minimum absolute atomic E-state index is 0.189. The van der Waals surface area contributed by atoms with Crippen LogP contribution in [0.25, 0.3) is 0 Å². The van der Waals surface area contributed by atoms with Gasteiger partial charge in [0.1, 0.15) is 0 Å². The Morgan fingerprint density at radius 2 is 1.93 bits per heavy atom. The van der Waals surface area contributed by atoms with E-state index in [1.807, 2.05) is 13.0 Å². The lowest BCUT2D eigenvalue weighted by Crippen LogP contribution is -1.90. The molecule has 76 valence electrons. The first-order valence-corrected chi connectivity index (χ1v) is 4.61. The van der Waals surface area contributed by atoms with Crippen molar-refractivity contribution in [2.24, 2.45) is 0 Å².